The number of hydrogen-bond donors (Lipinski definition) is 2. The molecule has 9 nitrogen and oxygen atoms in total. The van der Waals surface area contributed by atoms with Crippen LogP contribution in [0, 0.1) is 6.92 Å². The van der Waals surface area contributed by atoms with Crippen LogP contribution in [0.3, 0.4) is 0 Å². The van der Waals surface area contributed by atoms with Crippen molar-refractivity contribution < 1.29 is 23.9 Å². The molecule has 0 aromatic heterocycles. The summed E-state index contributed by atoms with van der Waals surface area (Å²) in [5.41, 5.74) is 3.65. The molecule has 3 aromatic rings. The molecule has 1 atom stereocenters. The maximum Gasteiger partial charge on any atom is 0.259 e. The fourth-order valence-corrected chi connectivity index (χ4v) is 4.69. The summed E-state index contributed by atoms with van der Waals surface area (Å²) >= 11 is 0. The number of ether oxygens (including phenoxy) is 2. The third kappa shape index (κ3) is 4.92. The van der Waals surface area contributed by atoms with Crippen molar-refractivity contribution in [3.8, 4) is 11.5 Å². The quantitative estimate of drug-likeness (QED) is 0.520. The molecule has 3 amide bonds. The van der Waals surface area contributed by atoms with Crippen LogP contribution in [0.5, 0.6) is 11.5 Å². The lowest BCUT2D eigenvalue weighted by Gasteiger charge is -2.31. The Morgan fingerprint density at radius 3 is 2.53 bits per heavy atom. The van der Waals surface area contributed by atoms with Crippen LogP contribution in [0.25, 0.3) is 0 Å². The lowest BCUT2D eigenvalue weighted by atomic mass is 9.98. The molecule has 0 fully saturated rings. The van der Waals surface area contributed by atoms with Gasteiger partial charge >= 0.3 is 0 Å². The van der Waals surface area contributed by atoms with Gasteiger partial charge in [0, 0.05) is 31.3 Å². The smallest absolute Gasteiger partial charge is 0.259 e. The molecule has 0 saturated carbocycles. The monoisotopic (exact) mass is 514 g/mol. The zero-order valence-corrected chi connectivity index (χ0v) is 21.6. The number of nitrogens with zero attached hydrogens (tertiary/aromatic N) is 2. The van der Waals surface area contributed by atoms with Crippen LogP contribution in [-0.2, 0) is 4.79 Å². The van der Waals surface area contributed by atoms with E-state index >= 15 is 0 Å². The summed E-state index contributed by atoms with van der Waals surface area (Å²) in [5, 5.41) is 5.96. The number of rotatable bonds is 6. The average Bonchev–Trinajstić information content (AvgIpc) is 3.34. The highest BCUT2D eigenvalue weighted by atomic mass is 16.7. The molecule has 2 aliphatic heterocycles. The average molecular weight is 515 g/mol. The van der Waals surface area contributed by atoms with Gasteiger partial charge in [-0.15, -0.1) is 0 Å². The molecule has 2 aliphatic rings. The number of aryl methyl sites for hydroxylation is 1. The van der Waals surface area contributed by atoms with Crippen molar-refractivity contribution in [2.45, 2.75) is 19.4 Å². The van der Waals surface area contributed by atoms with E-state index in [2.05, 4.69) is 10.6 Å². The molecule has 0 aliphatic carbocycles. The Morgan fingerprint density at radius 1 is 1.03 bits per heavy atom. The van der Waals surface area contributed by atoms with E-state index < -0.39 is 6.04 Å². The Kier molecular flexibility index (Phi) is 7.02. The van der Waals surface area contributed by atoms with Gasteiger partial charge in [-0.3, -0.25) is 19.3 Å². The van der Waals surface area contributed by atoms with Crippen molar-refractivity contribution in [3.63, 3.8) is 0 Å². The van der Waals surface area contributed by atoms with E-state index in [1.807, 2.05) is 38.2 Å². The predicted molar refractivity (Wildman–Crippen MR) is 144 cm³/mol. The van der Waals surface area contributed by atoms with Crippen molar-refractivity contribution in [1.82, 2.24) is 10.2 Å². The zero-order valence-electron chi connectivity index (χ0n) is 21.6. The molecule has 3 aromatic carbocycles. The van der Waals surface area contributed by atoms with Gasteiger partial charge < -0.3 is 25.0 Å². The SMILES string of the molecule is CNCCN(C)C(=O)c1ccc2c(c1)NC(=O)CC(c1ccc(C)cc1)N2C(=O)c1ccc2c(c1)OCO2. The van der Waals surface area contributed by atoms with Crippen molar-refractivity contribution in [2.24, 2.45) is 0 Å². The topological polar surface area (TPSA) is 100 Å². The molecule has 2 N–H and O–H groups in total. The number of carbonyl (C=O) groups excluding carboxylic acids is 3. The van der Waals surface area contributed by atoms with Crippen LogP contribution in [0.1, 0.15) is 44.3 Å². The Hall–Kier alpha value is -4.37. The molecule has 1 unspecified atom stereocenters. The van der Waals surface area contributed by atoms with E-state index in [1.54, 1.807) is 53.2 Å². The van der Waals surface area contributed by atoms with Crippen LogP contribution in [0.4, 0.5) is 11.4 Å². The largest absolute Gasteiger partial charge is 0.454 e. The van der Waals surface area contributed by atoms with E-state index in [0.717, 1.165) is 11.1 Å². The highest BCUT2D eigenvalue weighted by molar-refractivity contribution is 6.12. The van der Waals surface area contributed by atoms with Crippen molar-refractivity contribution in [3.05, 3.63) is 82.9 Å². The van der Waals surface area contributed by atoms with Gasteiger partial charge in [0.25, 0.3) is 11.8 Å². The first-order chi connectivity index (χ1) is 18.4. The Labute approximate surface area is 221 Å². The summed E-state index contributed by atoms with van der Waals surface area (Å²) in [6.45, 7) is 3.27. The van der Waals surface area contributed by atoms with Gasteiger partial charge in [0.05, 0.1) is 23.8 Å². The van der Waals surface area contributed by atoms with Gasteiger partial charge in [-0.05, 0) is 55.9 Å². The molecule has 5 rings (SSSR count). The minimum absolute atomic E-state index is 0.0549. The number of benzene rings is 3. The molecule has 0 bridgehead atoms. The molecule has 0 saturated heterocycles. The normalized spacial score (nSPS) is 15.9. The van der Waals surface area contributed by atoms with Gasteiger partial charge in [0.2, 0.25) is 12.7 Å². The maximum absolute atomic E-state index is 14.1. The minimum Gasteiger partial charge on any atom is -0.454 e. The summed E-state index contributed by atoms with van der Waals surface area (Å²) in [7, 11) is 3.55. The van der Waals surface area contributed by atoms with Gasteiger partial charge in [0.1, 0.15) is 0 Å². The second-order valence-electron chi connectivity index (χ2n) is 9.48. The van der Waals surface area contributed by atoms with Crippen LogP contribution in [-0.4, -0.2) is 56.6 Å². The number of anilines is 2. The van der Waals surface area contributed by atoms with E-state index in [4.69, 9.17) is 9.47 Å². The fraction of sp³-hybridized carbons (Fsp3) is 0.276. The van der Waals surface area contributed by atoms with Crippen molar-refractivity contribution in [2.75, 3.05) is 44.2 Å². The first-order valence-corrected chi connectivity index (χ1v) is 12.5. The van der Waals surface area contributed by atoms with E-state index in [-0.39, 0.29) is 30.9 Å². The van der Waals surface area contributed by atoms with Crippen LogP contribution < -0.4 is 25.0 Å². The lowest BCUT2D eigenvalue weighted by molar-refractivity contribution is -0.116. The Bertz CT molecular complexity index is 1390. The summed E-state index contributed by atoms with van der Waals surface area (Å²) in [6.07, 6.45) is 0.0549. The van der Waals surface area contributed by atoms with E-state index in [1.165, 1.54) is 0 Å². The standard InChI is InChI=1S/C29H30N4O5/c1-18-4-6-19(7-5-18)24-16-27(34)31-22-14-20(28(35)32(3)13-12-30-2)8-10-23(22)33(24)29(36)21-9-11-25-26(15-21)38-17-37-25/h4-11,14-15,24,30H,12-13,16-17H2,1-3H3,(H,31,34). The highest BCUT2D eigenvalue weighted by Crippen LogP contribution is 2.41. The van der Waals surface area contributed by atoms with Gasteiger partial charge in [-0.25, -0.2) is 0 Å². The number of fused-ring (bicyclic) bond motifs is 2. The highest BCUT2D eigenvalue weighted by Gasteiger charge is 2.35. The van der Waals surface area contributed by atoms with Crippen LogP contribution in [0.15, 0.2) is 60.7 Å². The number of nitrogens with one attached hydrogen (secondary N) is 2. The third-order valence-corrected chi connectivity index (χ3v) is 6.81. The lowest BCUT2D eigenvalue weighted by Crippen LogP contribution is -2.35. The van der Waals surface area contributed by atoms with E-state index in [0.29, 0.717) is 47.1 Å². The fourth-order valence-electron chi connectivity index (χ4n) is 4.69. The Balaban J connectivity index is 1.59. The number of amides is 3. The maximum atomic E-state index is 14.1. The molecule has 9 heteroatoms. The number of hydrogen-bond acceptors (Lipinski definition) is 6. The van der Waals surface area contributed by atoms with Crippen molar-refractivity contribution in [1.29, 1.82) is 0 Å². The first-order valence-electron chi connectivity index (χ1n) is 12.5. The number of carbonyl (C=O) groups is 3. The molecular weight excluding hydrogens is 484 g/mol. The summed E-state index contributed by atoms with van der Waals surface area (Å²) in [6, 6.07) is 17.4. The summed E-state index contributed by atoms with van der Waals surface area (Å²) < 4.78 is 10.9. The minimum atomic E-state index is -0.561. The molecule has 0 radical (unpaired) electrons. The molecule has 38 heavy (non-hydrogen) atoms. The second kappa shape index (κ2) is 10.5. The Morgan fingerprint density at radius 2 is 1.76 bits per heavy atom. The summed E-state index contributed by atoms with van der Waals surface area (Å²) in [5.74, 6) is 0.362. The first kappa shape index (κ1) is 25.3. The summed E-state index contributed by atoms with van der Waals surface area (Å²) in [4.78, 5) is 43.5. The second-order valence-corrected chi connectivity index (χ2v) is 9.48. The van der Waals surface area contributed by atoms with Crippen LogP contribution >= 0.6 is 0 Å². The third-order valence-electron chi connectivity index (χ3n) is 6.81. The number of likely N-dealkylation sites (N-methyl/N-ethyl adjacent to an activating group) is 2. The van der Waals surface area contributed by atoms with Crippen LogP contribution in [0.2, 0.25) is 0 Å². The van der Waals surface area contributed by atoms with E-state index in [9.17, 15) is 14.4 Å². The molecule has 196 valence electrons. The van der Waals surface area contributed by atoms with Crippen molar-refractivity contribution >= 4 is 29.1 Å². The van der Waals surface area contributed by atoms with Gasteiger partial charge in [-0.2, -0.15) is 0 Å². The van der Waals surface area contributed by atoms with Gasteiger partial charge in [0.15, 0.2) is 11.5 Å². The molecule has 0 spiro atoms. The predicted octanol–water partition coefficient (Wildman–Crippen LogP) is 3.75. The zero-order chi connectivity index (χ0) is 26.8. The van der Waals surface area contributed by atoms with Gasteiger partial charge in [-0.1, -0.05) is 29.8 Å². The molecule has 2 heterocycles. The molecular formula is C29H30N4O5.